The van der Waals surface area contributed by atoms with Crippen LogP contribution in [-0.4, -0.2) is 76.1 Å². The Morgan fingerprint density at radius 3 is 2.47 bits per heavy atom. The highest BCUT2D eigenvalue weighted by Gasteiger charge is 2.37. The summed E-state index contributed by atoms with van der Waals surface area (Å²) in [6.07, 6.45) is -11.6. The molecule has 3 aromatic rings. The first-order chi connectivity index (χ1) is 20.0. The van der Waals surface area contributed by atoms with Gasteiger partial charge in [-0.3, -0.25) is 4.90 Å². The van der Waals surface area contributed by atoms with Crippen molar-refractivity contribution in [2.24, 2.45) is 0 Å². The van der Waals surface area contributed by atoms with E-state index in [0.717, 1.165) is 16.2 Å². The molecular weight excluding hydrogens is 618 g/mol. The Labute approximate surface area is 249 Å². The number of nitrogens with zero attached hydrogens (tertiary/aromatic N) is 1. The molecule has 2 N–H and O–H groups in total. The van der Waals surface area contributed by atoms with Gasteiger partial charge in [0.2, 0.25) is 0 Å². The largest absolute Gasteiger partial charge is 0.495 e. The van der Waals surface area contributed by atoms with Gasteiger partial charge in [-0.15, -0.1) is 11.3 Å². The van der Waals surface area contributed by atoms with Gasteiger partial charge in [0.25, 0.3) is 0 Å². The van der Waals surface area contributed by atoms with Crippen LogP contribution in [0.2, 0.25) is 0 Å². The molecule has 2 unspecified atom stereocenters. The number of likely N-dealkylation sites (tertiary alicyclic amines) is 1. The molecule has 1 fully saturated rings. The maximum absolute atomic E-state index is 14.9. The van der Waals surface area contributed by atoms with Crippen molar-refractivity contribution in [3.63, 3.8) is 0 Å². The van der Waals surface area contributed by atoms with Crippen molar-refractivity contribution in [2.75, 3.05) is 57.3 Å². The average Bonchev–Trinajstić information content (AvgIpc) is 3.23. The first-order valence-electron chi connectivity index (χ1n) is 13.3. The molecule has 14 heteroatoms. The molecule has 1 aliphatic heterocycles. The van der Waals surface area contributed by atoms with E-state index >= 15 is 0 Å². The second kappa shape index (κ2) is 13.0. The van der Waals surface area contributed by atoms with Gasteiger partial charge in [-0.05, 0) is 55.0 Å². The van der Waals surface area contributed by atoms with Gasteiger partial charge in [-0.25, -0.2) is 4.39 Å². The fourth-order valence-electron chi connectivity index (χ4n) is 4.91. The van der Waals surface area contributed by atoms with Crippen LogP contribution in [-0.2, 0) is 11.0 Å². The Kier molecular flexibility index (Phi) is 9.94. The lowest BCUT2D eigenvalue weighted by atomic mass is 10.0. The maximum Gasteiger partial charge on any atom is 0.401 e. The molecule has 1 aromatic heterocycles. The predicted molar refractivity (Wildman–Crippen MR) is 158 cm³/mol. The monoisotopic (exact) mass is 649 g/mol. The van der Waals surface area contributed by atoms with E-state index in [9.17, 15) is 35.3 Å². The van der Waals surface area contributed by atoms with Crippen LogP contribution in [0.3, 0.4) is 0 Å². The number of anilines is 2. The summed E-state index contributed by atoms with van der Waals surface area (Å²) in [5.74, 6) is 6.15. The van der Waals surface area contributed by atoms with Crippen LogP contribution in [0.25, 0.3) is 10.1 Å². The molecule has 43 heavy (non-hydrogen) atoms. The number of benzene rings is 2. The number of piperidine rings is 1. The number of rotatable bonds is 8. The summed E-state index contributed by atoms with van der Waals surface area (Å²) in [5, 5.41) is 7.06. The van der Waals surface area contributed by atoms with Crippen molar-refractivity contribution in [2.45, 2.75) is 37.4 Å². The minimum atomic E-state index is -4.51. The first-order valence-corrected chi connectivity index (χ1v) is 16.7. The maximum atomic E-state index is 14.9. The highest BCUT2D eigenvalue weighted by atomic mass is 32.1. The zero-order valence-corrected chi connectivity index (χ0v) is 25.3. The summed E-state index contributed by atoms with van der Waals surface area (Å²) in [7, 11) is -1.05. The van der Waals surface area contributed by atoms with Crippen LogP contribution in [0.4, 0.5) is 42.1 Å². The third-order valence-electron chi connectivity index (χ3n) is 6.94. The number of ether oxygens (including phenoxy) is 1. The van der Waals surface area contributed by atoms with Crippen LogP contribution in [0.15, 0.2) is 36.4 Å². The number of nitrogens with one attached hydrogen (secondary N) is 2. The smallest absolute Gasteiger partial charge is 0.401 e. The lowest BCUT2D eigenvalue weighted by Gasteiger charge is -2.35. The average molecular weight is 650 g/mol. The fraction of sp³-hybridized carbons (Fsp3) is 0.448. The normalized spacial score (nSPS) is 18.3. The van der Waals surface area contributed by atoms with E-state index in [1.165, 1.54) is 7.11 Å². The molecule has 0 amide bonds. The summed E-state index contributed by atoms with van der Waals surface area (Å²) in [4.78, 5) is 1.22. The molecule has 0 radical (unpaired) electrons. The second-order valence-electron chi connectivity index (χ2n) is 10.7. The van der Waals surface area contributed by atoms with E-state index in [2.05, 4.69) is 22.5 Å². The highest BCUT2D eigenvalue weighted by Crippen LogP contribution is 2.40. The fourth-order valence-corrected chi connectivity index (χ4v) is 6.95. The molecule has 2 aromatic carbocycles. The van der Waals surface area contributed by atoms with Gasteiger partial charge >= 0.3 is 12.4 Å². The van der Waals surface area contributed by atoms with Gasteiger partial charge in [0, 0.05) is 18.4 Å². The van der Waals surface area contributed by atoms with Gasteiger partial charge < -0.3 is 19.9 Å². The molecule has 2 heterocycles. The number of hydrogen-bond acceptors (Lipinski definition) is 6. The van der Waals surface area contributed by atoms with Gasteiger partial charge in [-0.1, -0.05) is 24.0 Å². The number of hydrogen-bond donors (Lipinski definition) is 2. The molecule has 0 saturated carbocycles. The minimum absolute atomic E-state index is 0.00372. The lowest BCUT2D eigenvalue weighted by molar-refractivity contribution is -0.150. The Morgan fingerprint density at radius 1 is 1.09 bits per heavy atom. The van der Waals surface area contributed by atoms with Crippen LogP contribution in [0.1, 0.15) is 16.9 Å². The molecule has 4 rings (SSSR count). The number of thiophene rings is 1. The van der Waals surface area contributed by atoms with E-state index in [1.54, 1.807) is 49.7 Å². The molecular formula is C29H31F7N3O2PS. The van der Waals surface area contributed by atoms with Crippen molar-refractivity contribution in [1.82, 2.24) is 4.90 Å². The van der Waals surface area contributed by atoms with Gasteiger partial charge in [0.15, 0.2) is 0 Å². The van der Waals surface area contributed by atoms with Gasteiger partial charge in [0.05, 0.1) is 53.6 Å². The summed E-state index contributed by atoms with van der Waals surface area (Å²) >= 11 is 1.05. The van der Waals surface area contributed by atoms with E-state index in [-0.39, 0.29) is 30.0 Å². The number of methoxy groups -OCH3 is 1. The van der Waals surface area contributed by atoms with E-state index in [1.807, 2.05) is 0 Å². The molecule has 0 bridgehead atoms. The quantitative estimate of drug-likeness (QED) is 0.155. The number of fused-ring (bicyclic) bond motifs is 1. The van der Waals surface area contributed by atoms with E-state index < -0.39 is 51.2 Å². The van der Waals surface area contributed by atoms with Crippen LogP contribution in [0.5, 0.6) is 5.75 Å². The Bertz CT molecular complexity index is 1560. The first kappa shape index (κ1) is 33.0. The molecule has 2 atom stereocenters. The van der Waals surface area contributed by atoms with Crippen molar-refractivity contribution >= 4 is 45.2 Å². The molecule has 1 saturated heterocycles. The number of halogens is 7. The SMILES string of the molecule is COc1cc(P(C)(C)=O)ccc1NCC#Cc1sc2c(NC3CCN(CC(F)(F)F)CC3F)cccc2c1CC(F)(F)F. The Morgan fingerprint density at radius 2 is 1.84 bits per heavy atom. The molecule has 0 aliphatic carbocycles. The highest BCUT2D eigenvalue weighted by molar-refractivity contribution is 7.70. The predicted octanol–water partition coefficient (Wildman–Crippen LogP) is 7.11. The van der Waals surface area contributed by atoms with Gasteiger partial charge in [0.1, 0.15) is 19.1 Å². The molecule has 5 nitrogen and oxygen atoms in total. The zero-order chi connectivity index (χ0) is 31.6. The Balaban J connectivity index is 1.56. The minimum Gasteiger partial charge on any atom is -0.495 e. The van der Waals surface area contributed by atoms with E-state index in [0.29, 0.717) is 32.5 Å². The van der Waals surface area contributed by atoms with Gasteiger partial charge in [-0.2, -0.15) is 26.3 Å². The summed E-state index contributed by atoms with van der Waals surface area (Å²) in [6, 6.07) is 9.01. The third-order valence-corrected chi connectivity index (χ3v) is 9.66. The standard InChI is InChI=1S/C29H31F7N3O2PS/c1-41-25-14-18(42(2,3)40)9-10-23(25)37-12-5-8-26-20(15-28(31,32)33)19-6-4-7-24(27(19)43-26)38-22-11-13-39(16-21(22)30)17-29(34,35)36/h4,6-7,9-10,14,21-22,37-38H,11-13,15-17H2,1-3H3. The third kappa shape index (κ3) is 8.80. The summed E-state index contributed by atoms with van der Waals surface area (Å²) in [5.41, 5.74) is 0.987. The van der Waals surface area contributed by atoms with Crippen LogP contribution >= 0.6 is 18.5 Å². The molecule has 1 aliphatic rings. The van der Waals surface area contributed by atoms with E-state index in [4.69, 9.17) is 4.74 Å². The lowest BCUT2D eigenvalue weighted by Crippen LogP contribution is -2.50. The van der Waals surface area contributed by atoms with Crippen molar-refractivity contribution in [1.29, 1.82) is 0 Å². The molecule has 234 valence electrons. The zero-order valence-electron chi connectivity index (χ0n) is 23.6. The van der Waals surface area contributed by atoms with Crippen LogP contribution < -0.4 is 20.7 Å². The van der Waals surface area contributed by atoms with Crippen molar-refractivity contribution in [3.8, 4) is 17.6 Å². The summed E-state index contributed by atoms with van der Waals surface area (Å²) < 4.78 is 112. The summed E-state index contributed by atoms with van der Waals surface area (Å²) in [6.45, 7) is 1.80. The van der Waals surface area contributed by atoms with Crippen LogP contribution in [0, 0.1) is 11.8 Å². The van der Waals surface area contributed by atoms with Crippen molar-refractivity contribution in [3.05, 3.63) is 46.8 Å². The second-order valence-corrected chi connectivity index (χ2v) is 14.9. The van der Waals surface area contributed by atoms with Crippen molar-refractivity contribution < 1.29 is 40.0 Å². The Hall–Kier alpha value is -2.94. The molecule has 0 spiro atoms. The number of alkyl halides is 7. The topological polar surface area (TPSA) is 53.6 Å².